The molecule has 1 fully saturated rings. The van der Waals surface area contributed by atoms with Crippen molar-refractivity contribution in [3.05, 3.63) is 34.7 Å². The molecule has 1 aliphatic carbocycles. The van der Waals surface area contributed by atoms with Gasteiger partial charge in [0.15, 0.2) is 0 Å². The van der Waals surface area contributed by atoms with Gasteiger partial charge in [-0.3, -0.25) is 4.79 Å². The molecule has 1 aliphatic rings. The van der Waals surface area contributed by atoms with Crippen molar-refractivity contribution in [3.63, 3.8) is 0 Å². The number of carbonyl (C=O) groups excluding carboxylic acids is 1. The Labute approximate surface area is 216 Å². The molecule has 192 valence electrons. The van der Waals surface area contributed by atoms with E-state index in [0.717, 1.165) is 61.5 Å². The van der Waals surface area contributed by atoms with E-state index in [4.69, 9.17) is 39.9 Å². The summed E-state index contributed by atoms with van der Waals surface area (Å²) < 4.78 is 0. The van der Waals surface area contributed by atoms with Crippen LogP contribution in [0, 0.1) is 4.91 Å². The predicted octanol–water partition coefficient (Wildman–Crippen LogP) is 5.63. The predicted molar refractivity (Wildman–Crippen MR) is 139 cm³/mol. The second kappa shape index (κ2) is 18.5. The molecular formula is C23H35Cl3N4O4. The highest BCUT2D eigenvalue weighted by Crippen LogP contribution is 2.18. The van der Waals surface area contributed by atoms with E-state index >= 15 is 0 Å². The van der Waals surface area contributed by atoms with Crippen LogP contribution in [0.5, 0.6) is 0 Å². The highest BCUT2D eigenvalue weighted by molar-refractivity contribution is 6.18. The largest absolute Gasteiger partial charge is 0.481 e. The number of amides is 2. The van der Waals surface area contributed by atoms with Gasteiger partial charge in [-0.1, -0.05) is 31.4 Å². The summed E-state index contributed by atoms with van der Waals surface area (Å²) in [6.07, 6.45) is 7.14. The van der Waals surface area contributed by atoms with Gasteiger partial charge in [-0.25, -0.2) is 4.79 Å². The van der Waals surface area contributed by atoms with Crippen molar-refractivity contribution in [1.29, 1.82) is 0 Å². The molecule has 0 unspecified atom stereocenters. The summed E-state index contributed by atoms with van der Waals surface area (Å²) in [7, 11) is 0. The first-order valence-corrected chi connectivity index (χ1v) is 13.2. The fourth-order valence-corrected chi connectivity index (χ4v) is 4.21. The van der Waals surface area contributed by atoms with Crippen molar-refractivity contribution in [2.75, 3.05) is 42.2 Å². The van der Waals surface area contributed by atoms with Crippen molar-refractivity contribution in [1.82, 2.24) is 10.3 Å². The van der Waals surface area contributed by atoms with Gasteiger partial charge in [0, 0.05) is 48.9 Å². The van der Waals surface area contributed by atoms with Crippen LogP contribution in [-0.2, 0) is 11.2 Å². The number of carbonyl (C=O) groups is 2. The summed E-state index contributed by atoms with van der Waals surface area (Å²) in [6.45, 7) is 1.70. The van der Waals surface area contributed by atoms with E-state index in [1.54, 1.807) is 0 Å². The molecule has 1 saturated carbocycles. The lowest BCUT2D eigenvalue weighted by Gasteiger charge is -2.24. The summed E-state index contributed by atoms with van der Waals surface area (Å²) in [4.78, 5) is 34.4. The number of hydrogen-bond acceptors (Lipinski definition) is 5. The molecule has 8 nitrogen and oxygen atoms in total. The van der Waals surface area contributed by atoms with Crippen LogP contribution in [0.1, 0.15) is 50.5 Å². The minimum atomic E-state index is -0.743. The summed E-state index contributed by atoms with van der Waals surface area (Å²) >= 11 is 17.0. The molecule has 34 heavy (non-hydrogen) atoms. The average molecular weight is 538 g/mol. The van der Waals surface area contributed by atoms with Gasteiger partial charge in [-0.05, 0) is 43.4 Å². The molecule has 11 heteroatoms. The van der Waals surface area contributed by atoms with Gasteiger partial charge >= 0.3 is 12.0 Å². The average Bonchev–Trinajstić information content (AvgIpc) is 2.83. The maximum Gasteiger partial charge on any atom is 0.340 e. The molecule has 0 saturated heterocycles. The molecule has 0 spiro atoms. The lowest BCUT2D eigenvalue weighted by atomic mass is 9.96. The molecule has 0 aromatic heterocycles. The van der Waals surface area contributed by atoms with Gasteiger partial charge < -0.3 is 15.3 Å². The monoisotopic (exact) mass is 536 g/mol. The lowest BCUT2D eigenvalue weighted by Crippen LogP contribution is -2.43. The smallest absolute Gasteiger partial charge is 0.340 e. The Morgan fingerprint density at radius 2 is 1.56 bits per heavy atom. The number of anilines is 1. The molecular weight excluding hydrogens is 503 g/mol. The zero-order valence-corrected chi connectivity index (χ0v) is 21.7. The van der Waals surface area contributed by atoms with Crippen molar-refractivity contribution in [2.24, 2.45) is 5.29 Å². The number of carboxylic acids is 1. The molecule has 0 aliphatic heterocycles. The van der Waals surface area contributed by atoms with Crippen LogP contribution < -0.4 is 10.2 Å². The van der Waals surface area contributed by atoms with Crippen molar-refractivity contribution in [3.8, 4) is 0 Å². The minimum absolute atomic E-state index is 0.156. The third kappa shape index (κ3) is 12.6. The number of aliphatic carboxylic acids is 1. The number of nitrogens with one attached hydrogen (secondary N) is 1. The van der Waals surface area contributed by atoms with E-state index in [9.17, 15) is 14.5 Å². The second-order valence-electron chi connectivity index (χ2n) is 7.96. The number of nitrogens with zero attached hydrogens (tertiary/aromatic N) is 3. The number of hydrogen-bond donors (Lipinski definition) is 2. The van der Waals surface area contributed by atoms with Crippen LogP contribution in [0.4, 0.5) is 10.5 Å². The first-order chi connectivity index (χ1) is 16.4. The standard InChI is InChI=1S/C14H19Cl2NO2.C9H16ClN3O2/c15-8-10-17(11-9-16)13-6-4-12(5-7-13)2-1-3-14(18)19;10-6-7-13(12-15)9(14)11-8-4-2-1-3-5-8/h4-7H,1-3,8-11H2,(H,18,19);8H,1-7H2,(H,11,14). The van der Waals surface area contributed by atoms with E-state index in [-0.39, 0.29) is 24.9 Å². The van der Waals surface area contributed by atoms with Crippen molar-refractivity contribution < 1.29 is 14.7 Å². The molecule has 1 aromatic rings. The minimum Gasteiger partial charge on any atom is -0.481 e. The highest BCUT2D eigenvalue weighted by Gasteiger charge is 2.19. The van der Waals surface area contributed by atoms with Gasteiger partial charge in [0.1, 0.15) is 0 Å². The van der Waals surface area contributed by atoms with E-state index in [1.165, 1.54) is 6.42 Å². The first kappa shape index (κ1) is 30.3. The number of urea groups is 1. The van der Waals surface area contributed by atoms with Gasteiger partial charge in [-0.15, -0.1) is 39.7 Å². The Balaban J connectivity index is 0.000000350. The molecule has 0 heterocycles. The fraction of sp³-hybridized carbons (Fsp3) is 0.652. The maximum absolute atomic E-state index is 11.5. The molecule has 1 aromatic carbocycles. The highest BCUT2D eigenvalue weighted by atomic mass is 35.5. The Hall–Kier alpha value is -1.77. The first-order valence-electron chi connectivity index (χ1n) is 11.6. The molecule has 2 amide bonds. The molecule has 0 bridgehead atoms. The van der Waals surface area contributed by atoms with E-state index in [2.05, 4.69) is 15.5 Å². The van der Waals surface area contributed by atoms with Crippen molar-refractivity contribution in [2.45, 2.75) is 57.4 Å². The zero-order valence-electron chi connectivity index (χ0n) is 19.4. The SMILES string of the molecule is O=C(O)CCCc1ccc(N(CCCl)CCCl)cc1.O=NN(CCCl)C(=O)NC1CCCCC1. The van der Waals surface area contributed by atoms with E-state index in [1.807, 2.05) is 24.3 Å². The van der Waals surface area contributed by atoms with Crippen LogP contribution in [0.2, 0.25) is 0 Å². The van der Waals surface area contributed by atoms with Gasteiger partial charge in [0.25, 0.3) is 0 Å². The third-order valence-corrected chi connectivity index (χ3v) is 5.94. The quantitative estimate of drug-likeness (QED) is 0.193. The fourth-order valence-electron chi connectivity index (χ4n) is 3.65. The van der Waals surface area contributed by atoms with Crippen molar-refractivity contribution >= 4 is 52.5 Å². The number of aryl methyl sites for hydroxylation is 1. The Bertz CT molecular complexity index is 713. The number of alkyl halides is 3. The summed E-state index contributed by atoms with van der Waals surface area (Å²) in [6, 6.07) is 7.90. The Kier molecular flexibility index (Phi) is 16.5. The van der Waals surface area contributed by atoms with Gasteiger partial charge in [0.2, 0.25) is 0 Å². The molecule has 0 radical (unpaired) electrons. The summed E-state index contributed by atoms with van der Waals surface area (Å²) in [5.41, 5.74) is 2.25. The van der Waals surface area contributed by atoms with Gasteiger partial charge in [0.05, 0.1) is 11.8 Å². The molecule has 2 rings (SSSR count). The summed E-state index contributed by atoms with van der Waals surface area (Å²) in [5, 5.41) is 14.8. The maximum atomic E-state index is 11.5. The number of nitroso groups, excluding NO2 is 1. The van der Waals surface area contributed by atoms with Crippen LogP contribution in [0.3, 0.4) is 0 Å². The van der Waals surface area contributed by atoms with Crippen LogP contribution >= 0.6 is 34.8 Å². The number of halogens is 3. The van der Waals surface area contributed by atoms with E-state index < -0.39 is 12.0 Å². The van der Waals surface area contributed by atoms with E-state index in [0.29, 0.717) is 18.2 Å². The number of carboxylic acid groups (broad SMARTS) is 1. The van der Waals surface area contributed by atoms with Gasteiger partial charge in [-0.2, -0.15) is 5.01 Å². The number of benzene rings is 1. The zero-order chi connectivity index (χ0) is 25.2. The number of rotatable bonds is 13. The van der Waals surface area contributed by atoms with Crippen LogP contribution in [0.15, 0.2) is 29.6 Å². The van der Waals surface area contributed by atoms with Crippen LogP contribution in [-0.4, -0.2) is 65.4 Å². The Morgan fingerprint density at radius 3 is 2.06 bits per heavy atom. The molecule has 0 atom stereocenters. The lowest BCUT2D eigenvalue weighted by molar-refractivity contribution is -0.137. The second-order valence-corrected chi connectivity index (χ2v) is 9.09. The molecule has 2 N–H and O–H groups in total. The normalized spacial score (nSPS) is 13.4. The topological polar surface area (TPSA) is 102 Å². The Morgan fingerprint density at radius 1 is 0.971 bits per heavy atom. The summed E-state index contributed by atoms with van der Waals surface area (Å²) in [5.74, 6) is 0.602. The van der Waals surface area contributed by atoms with Crippen LogP contribution in [0.25, 0.3) is 0 Å². The third-order valence-electron chi connectivity index (χ3n) is 5.43.